The van der Waals surface area contributed by atoms with Gasteiger partial charge in [0.05, 0.1) is 10.6 Å². The average molecular weight is 419 g/mol. The second-order valence-corrected chi connectivity index (χ2v) is 9.12. The summed E-state index contributed by atoms with van der Waals surface area (Å²) in [6.45, 7) is 0. The number of thiophene rings is 1. The molecule has 0 radical (unpaired) electrons. The summed E-state index contributed by atoms with van der Waals surface area (Å²) in [6, 6.07) is 7.53. The number of carbonyl (C=O) groups is 1. The second-order valence-electron chi connectivity index (χ2n) is 6.54. The summed E-state index contributed by atoms with van der Waals surface area (Å²) in [5.74, 6) is -0.0878. The fraction of sp³-hybridized carbons (Fsp3) is 0.316. The number of aromatic nitrogens is 3. The van der Waals surface area contributed by atoms with Crippen LogP contribution >= 0.6 is 34.7 Å². The number of carbonyl (C=O) groups excluding carboxylic acids is 1. The maximum Gasteiger partial charge on any atom is 0.265 e. The lowest BCUT2D eigenvalue weighted by Gasteiger charge is -2.10. The Morgan fingerprint density at radius 3 is 2.93 bits per heavy atom. The molecule has 3 aromatic rings. The molecule has 1 aromatic carbocycles. The SMILES string of the molecule is Cn1cnnc1Sc1ccc(Cl)cc1NC(=O)c1cc2c(s1)CCCCC2. The Morgan fingerprint density at radius 1 is 1.26 bits per heavy atom. The van der Waals surface area contributed by atoms with Crippen LogP contribution in [0.3, 0.4) is 0 Å². The lowest BCUT2D eigenvalue weighted by molar-refractivity contribution is 0.103. The highest BCUT2D eigenvalue weighted by atomic mass is 35.5. The van der Waals surface area contributed by atoms with E-state index in [2.05, 4.69) is 21.6 Å². The van der Waals surface area contributed by atoms with Crippen molar-refractivity contribution in [1.29, 1.82) is 0 Å². The van der Waals surface area contributed by atoms with Gasteiger partial charge in [0.25, 0.3) is 5.91 Å². The summed E-state index contributed by atoms with van der Waals surface area (Å²) in [5.41, 5.74) is 2.02. The molecule has 1 aliphatic carbocycles. The number of aryl methyl sites for hydroxylation is 3. The van der Waals surface area contributed by atoms with Gasteiger partial charge in [-0.15, -0.1) is 21.5 Å². The minimum Gasteiger partial charge on any atom is -0.320 e. The van der Waals surface area contributed by atoms with Crippen molar-refractivity contribution in [3.8, 4) is 0 Å². The average Bonchev–Trinajstić information content (AvgIpc) is 3.17. The molecule has 0 bridgehead atoms. The highest BCUT2D eigenvalue weighted by Crippen LogP contribution is 2.35. The van der Waals surface area contributed by atoms with Crippen molar-refractivity contribution in [2.45, 2.75) is 42.2 Å². The summed E-state index contributed by atoms with van der Waals surface area (Å²) >= 11 is 9.23. The molecule has 0 spiro atoms. The van der Waals surface area contributed by atoms with Crippen LogP contribution in [-0.2, 0) is 19.9 Å². The van der Waals surface area contributed by atoms with E-state index in [1.54, 1.807) is 23.7 Å². The van der Waals surface area contributed by atoms with Crippen LogP contribution in [0, 0.1) is 0 Å². The third-order valence-electron chi connectivity index (χ3n) is 4.53. The Bertz CT molecular complexity index is 959. The van der Waals surface area contributed by atoms with Crippen molar-refractivity contribution >= 4 is 46.3 Å². The van der Waals surface area contributed by atoms with Crippen LogP contribution in [0.5, 0.6) is 0 Å². The van der Waals surface area contributed by atoms with Gasteiger partial charge in [-0.25, -0.2) is 0 Å². The predicted molar refractivity (Wildman–Crippen MR) is 110 cm³/mol. The lowest BCUT2D eigenvalue weighted by atomic mass is 10.1. The monoisotopic (exact) mass is 418 g/mol. The fourth-order valence-corrected chi connectivity index (χ4v) is 5.27. The number of fused-ring (bicyclic) bond motifs is 1. The lowest BCUT2D eigenvalue weighted by Crippen LogP contribution is -2.11. The van der Waals surface area contributed by atoms with Gasteiger partial charge in [-0.1, -0.05) is 18.0 Å². The molecule has 0 saturated heterocycles. The first-order valence-corrected chi connectivity index (χ1v) is 10.9. The van der Waals surface area contributed by atoms with E-state index in [-0.39, 0.29) is 5.91 Å². The van der Waals surface area contributed by atoms with E-state index in [1.807, 2.05) is 23.7 Å². The van der Waals surface area contributed by atoms with Gasteiger partial charge in [0, 0.05) is 21.8 Å². The third-order valence-corrected chi connectivity index (χ3v) is 7.13. The standard InChI is InChI=1S/C19H19ClN4OS2/c1-24-11-21-23-19(24)27-16-8-7-13(20)10-14(16)22-18(25)17-9-12-5-3-2-4-6-15(12)26-17/h7-11H,2-6H2,1H3,(H,22,25). The molecule has 2 aromatic heterocycles. The molecule has 0 atom stereocenters. The van der Waals surface area contributed by atoms with Crippen LogP contribution < -0.4 is 5.32 Å². The van der Waals surface area contributed by atoms with Crippen LogP contribution in [0.1, 0.15) is 39.4 Å². The molecule has 1 aliphatic rings. The Morgan fingerprint density at radius 2 is 2.11 bits per heavy atom. The number of benzene rings is 1. The van der Waals surface area contributed by atoms with E-state index in [9.17, 15) is 4.79 Å². The molecule has 8 heteroatoms. The van der Waals surface area contributed by atoms with Crippen LogP contribution in [-0.4, -0.2) is 20.7 Å². The van der Waals surface area contributed by atoms with Crippen LogP contribution in [0.25, 0.3) is 0 Å². The predicted octanol–water partition coefficient (Wildman–Crippen LogP) is 5.20. The number of amides is 1. The fourth-order valence-electron chi connectivity index (χ4n) is 3.12. The Hall–Kier alpha value is -1.83. The molecule has 27 heavy (non-hydrogen) atoms. The number of hydrogen-bond donors (Lipinski definition) is 1. The molecule has 2 heterocycles. The molecule has 1 amide bonds. The molecule has 0 fully saturated rings. The third kappa shape index (κ3) is 4.20. The Kier molecular flexibility index (Phi) is 5.52. The van der Waals surface area contributed by atoms with Gasteiger partial charge in [0.15, 0.2) is 5.16 Å². The summed E-state index contributed by atoms with van der Waals surface area (Å²) in [4.78, 5) is 15.9. The molecule has 0 unspecified atom stereocenters. The van der Waals surface area contributed by atoms with Gasteiger partial charge in [0.2, 0.25) is 0 Å². The van der Waals surface area contributed by atoms with E-state index in [0.29, 0.717) is 10.7 Å². The molecule has 0 aliphatic heterocycles. The first-order chi connectivity index (χ1) is 13.1. The zero-order chi connectivity index (χ0) is 18.8. The number of anilines is 1. The number of hydrogen-bond acceptors (Lipinski definition) is 5. The van der Waals surface area contributed by atoms with Crippen molar-refractivity contribution in [3.05, 3.63) is 50.9 Å². The van der Waals surface area contributed by atoms with E-state index >= 15 is 0 Å². The zero-order valence-corrected chi connectivity index (χ0v) is 17.3. The van der Waals surface area contributed by atoms with Gasteiger partial charge in [-0.2, -0.15) is 0 Å². The molecule has 5 nitrogen and oxygen atoms in total. The van der Waals surface area contributed by atoms with Crippen molar-refractivity contribution in [3.63, 3.8) is 0 Å². The quantitative estimate of drug-likeness (QED) is 0.591. The Labute approximate surface area is 171 Å². The van der Waals surface area contributed by atoms with Crippen LogP contribution in [0.2, 0.25) is 5.02 Å². The normalized spacial score (nSPS) is 13.9. The first-order valence-electron chi connectivity index (χ1n) is 8.84. The van der Waals surface area contributed by atoms with Gasteiger partial charge >= 0.3 is 0 Å². The highest BCUT2D eigenvalue weighted by molar-refractivity contribution is 7.99. The maximum absolute atomic E-state index is 12.9. The van der Waals surface area contributed by atoms with E-state index in [0.717, 1.165) is 27.8 Å². The summed E-state index contributed by atoms with van der Waals surface area (Å²) < 4.78 is 1.83. The van der Waals surface area contributed by atoms with E-state index in [1.165, 1.54) is 41.5 Å². The van der Waals surface area contributed by atoms with Crippen LogP contribution in [0.4, 0.5) is 5.69 Å². The minimum atomic E-state index is -0.0878. The summed E-state index contributed by atoms with van der Waals surface area (Å²) in [6.07, 6.45) is 7.49. The minimum absolute atomic E-state index is 0.0878. The smallest absolute Gasteiger partial charge is 0.265 e. The summed E-state index contributed by atoms with van der Waals surface area (Å²) in [7, 11) is 1.88. The van der Waals surface area contributed by atoms with E-state index < -0.39 is 0 Å². The molecule has 0 saturated carbocycles. The zero-order valence-electron chi connectivity index (χ0n) is 14.9. The molecular formula is C19H19ClN4OS2. The number of rotatable bonds is 4. The van der Waals surface area contributed by atoms with Crippen molar-refractivity contribution < 1.29 is 4.79 Å². The molecule has 140 valence electrons. The van der Waals surface area contributed by atoms with Gasteiger partial charge in [-0.3, -0.25) is 4.79 Å². The second kappa shape index (κ2) is 8.04. The summed E-state index contributed by atoms with van der Waals surface area (Å²) in [5, 5.41) is 12.4. The molecule has 1 N–H and O–H groups in total. The van der Waals surface area contributed by atoms with Gasteiger partial charge in [-0.05, 0) is 67.3 Å². The molecule has 4 rings (SSSR count). The Balaban J connectivity index is 1.57. The van der Waals surface area contributed by atoms with E-state index in [4.69, 9.17) is 11.6 Å². The number of halogens is 1. The number of nitrogens with zero attached hydrogens (tertiary/aromatic N) is 3. The van der Waals surface area contributed by atoms with Crippen molar-refractivity contribution in [1.82, 2.24) is 14.8 Å². The van der Waals surface area contributed by atoms with Crippen molar-refractivity contribution in [2.24, 2.45) is 7.05 Å². The molecular weight excluding hydrogens is 400 g/mol. The first kappa shape index (κ1) is 18.5. The van der Waals surface area contributed by atoms with Gasteiger partial charge in [0.1, 0.15) is 6.33 Å². The highest BCUT2D eigenvalue weighted by Gasteiger charge is 2.18. The van der Waals surface area contributed by atoms with Gasteiger partial charge < -0.3 is 9.88 Å². The maximum atomic E-state index is 12.9. The topological polar surface area (TPSA) is 59.8 Å². The van der Waals surface area contributed by atoms with Crippen LogP contribution in [0.15, 0.2) is 40.6 Å². The van der Waals surface area contributed by atoms with Crippen molar-refractivity contribution in [2.75, 3.05) is 5.32 Å². The largest absolute Gasteiger partial charge is 0.320 e. The number of nitrogens with one attached hydrogen (secondary N) is 1.